The molecule has 1 fully saturated rings. The predicted molar refractivity (Wildman–Crippen MR) is 154 cm³/mol. The van der Waals surface area contributed by atoms with Crippen LogP contribution >= 0.6 is 11.6 Å². The molecule has 214 valence electrons. The van der Waals surface area contributed by atoms with Crippen molar-refractivity contribution in [2.24, 2.45) is 0 Å². The van der Waals surface area contributed by atoms with Crippen LogP contribution in [0, 0.1) is 5.82 Å². The molecule has 1 saturated heterocycles. The lowest BCUT2D eigenvalue weighted by Gasteiger charge is -2.36. The van der Waals surface area contributed by atoms with Crippen LogP contribution in [0.3, 0.4) is 0 Å². The highest BCUT2D eigenvalue weighted by Gasteiger charge is 2.31. The summed E-state index contributed by atoms with van der Waals surface area (Å²) >= 11 is 6.43. The number of ketones is 1. The first kappa shape index (κ1) is 29.2. The van der Waals surface area contributed by atoms with Gasteiger partial charge in [0, 0.05) is 29.5 Å². The van der Waals surface area contributed by atoms with Gasteiger partial charge in [-0.05, 0) is 70.4 Å². The van der Waals surface area contributed by atoms with Crippen molar-refractivity contribution in [3.63, 3.8) is 0 Å². The zero-order valence-electron chi connectivity index (χ0n) is 23.3. The number of hydrogen-bond donors (Lipinski definition) is 2. The van der Waals surface area contributed by atoms with E-state index >= 15 is 0 Å². The van der Waals surface area contributed by atoms with Gasteiger partial charge in [0.2, 0.25) is 0 Å². The van der Waals surface area contributed by atoms with E-state index in [9.17, 15) is 18.8 Å². The third-order valence-electron chi connectivity index (χ3n) is 6.70. The first-order chi connectivity index (χ1) is 18.8. The molecule has 3 heterocycles. The Morgan fingerprint density at radius 2 is 2.00 bits per heavy atom. The van der Waals surface area contributed by atoms with Gasteiger partial charge in [-0.15, -0.1) is 0 Å². The summed E-state index contributed by atoms with van der Waals surface area (Å²) in [4.78, 5) is 44.0. The number of fused-ring (bicyclic) bond motifs is 1. The average Bonchev–Trinajstić information content (AvgIpc) is 3.19. The number of amides is 1. The van der Waals surface area contributed by atoms with Crippen molar-refractivity contribution in [1.82, 2.24) is 14.9 Å². The van der Waals surface area contributed by atoms with Gasteiger partial charge in [0.25, 0.3) is 5.56 Å². The van der Waals surface area contributed by atoms with Crippen LogP contribution in [0.1, 0.15) is 62.2 Å². The maximum atomic E-state index is 14.2. The molecule has 0 saturated carbocycles. The fourth-order valence-electron chi connectivity index (χ4n) is 5.06. The Morgan fingerprint density at radius 3 is 2.65 bits per heavy atom. The summed E-state index contributed by atoms with van der Waals surface area (Å²) in [7, 11) is 1.44. The number of benzene rings is 1. The minimum atomic E-state index is -0.651. The number of Topliss-reactive ketones (excluding diaryl/α,β-unsaturated/α-hetero) is 1. The van der Waals surface area contributed by atoms with Gasteiger partial charge >= 0.3 is 6.09 Å². The molecule has 1 aromatic carbocycles. The second-order valence-electron chi connectivity index (χ2n) is 10.9. The van der Waals surface area contributed by atoms with E-state index in [-0.39, 0.29) is 29.6 Å². The summed E-state index contributed by atoms with van der Waals surface area (Å²) in [5.41, 5.74) is 0.222. The van der Waals surface area contributed by atoms with E-state index in [1.54, 1.807) is 31.4 Å². The van der Waals surface area contributed by atoms with Crippen LogP contribution in [0.25, 0.3) is 16.7 Å². The van der Waals surface area contributed by atoms with Crippen LogP contribution < -0.4 is 15.8 Å². The fraction of sp³-hybridized carbons (Fsp3) is 0.414. The number of hydrogen-bond acceptors (Lipinski definition) is 6. The Balaban J connectivity index is 1.89. The number of piperidine rings is 1. The largest absolute Gasteiger partial charge is 0.495 e. The van der Waals surface area contributed by atoms with E-state index in [0.717, 1.165) is 0 Å². The quantitative estimate of drug-likeness (QED) is 0.287. The van der Waals surface area contributed by atoms with Crippen molar-refractivity contribution in [2.45, 2.75) is 58.7 Å². The minimum Gasteiger partial charge on any atom is -0.495 e. The molecule has 9 nitrogen and oxygen atoms in total. The summed E-state index contributed by atoms with van der Waals surface area (Å²) in [5.74, 6) is -0.0120. The third kappa shape index (κ3) is 6.17. The number of carbonyl (C=O) groups excluding carboxylic acids is 2. The summed E-state index contributed by atoms with van der Waals surface area (Å²) in [6.07, 6.45) is 0.888. The van der Waals surface area contributed by atoms with Crippen molar-refractivity contribution in [3.8, 4) is 0 Å². The van der Waals surface area contributed by atoms with E-state index in [2.05, 4.69) is 16.9 Å². The number of aromatic nitrogens is 2. The zero-order chi connectivity index (χ0) is 29.4. The highest BCUT2D eigenvalue weighted by Crippen LogP contribution is 2.36. The lowest BCUT2D eigenvalue weighted by Crippen LogP contribution is -2.49. The number of H-pyrrole nitrogens is 1. The van der Waals surface area contributed by atoms with E-state index in [1.807, 2.05) is 4.90 Å². The molecule has 3 aromatic rings. The number of halogens is 2. The first-order valence-electron chi connectivity index (χ1n) is 13.0. The Kier molecular flexibility index (Phi) is 8.30. The minimum absolute atomic E-state index is 0.0318. The smallest absolute Gasteiger partial charge is 0.407 e. The molecule has 40 heavy (non-hydrogen) atoms. The number of aromatic amines is 1. The zero-order valence-corrected chi connectivity index (χ0v) is 24.1. The maximum Gasteiger partial charge on any atom is 0.407 e. The van der Waals surface area contributed by atoms with Gasteiger partial charge in [0.15, 0.2) is 5.78 Å². The molecule has 2 aromatic heterocycles. The number of nitrogens with zero attached hydrogens (tertiary/aromatic N) is 2. The topological polar surface area (TPSA) is 106 Å². The monoisotopic (exact) mass is 572 g/mol. The molecule has 2 N–H and O–H groups in total. The molecule has 0 spiro atoms. The lowest BCUT2D eigenvalue weighted by atomic mass is 10.0. The normalized spacial score (nSPS) is 15.7. The van der Waals surface area contributed by atoms with Crippen molar-refractivity contribution in [1.29, 1.82) is 0 Å². The number of ether oxygens (including phenoxy) is 2. The van der Waals surface area contributed by atoms with Gasteiger partial charge in [-0.3, -0.25) is 9.59 Å². The molecule has 4 rings (SSSR count). The molecule has 1 atom stereocenters. The summed E-state index contributed by atoms with van der Waals surface area (Å²) in [6.45, 7) is 11.6. The van der Waals surface area contributed by atoms with Gasteiger partial charge in [-0.1, -0.05) is 18.2 Å². The van der Waals surface area contributed by atoms with Gasteiger partial charge in [0.1, 0.15) is 28.5 Å². The number of methoxy groups -OCH3 is 1. The lowest BCUT2D eigenvalue weighted by molar-refractivity contribution is 0.0499. The summed E-state index contributed by atoms with van der Waals surface area (Å²) in [6, 6.07) is 5.41. The average molecular weight is 573 g/mol. The number of alkyl carbamates (subject to hydrolysis) is 1. The summed E-state index contributed by atoms with van der Waals surface area (Å²) < 4.78 is 26.6. The second kappa shape index (κ2) is 11.4. The van der Waals surface area contributed by atoms with Crippen LogP contribution in [0.5, 0.6) is 0 Å². The van der Waals surface area contributed by atoms with Crippen molar-refractivity contribution >= 4 is 46.0 Å². The van der Waals surface area contributed by atoms with E-state index in [4.69, 9.17) is 21.1 Å². The second-order valence-corrected chi connectivity index (χ2v) is 11.3. The molecule has 1 aliphatic heterocycles. The van der Waals surface area contributed by atoms with Crippen LogP contribution in [0.2, 0.25) is 5.02 Å². The van der Waals surface area contributed by atoms with Crippen LogP contribution in [0.4, 0.5) is 15.0 Å². The molecular formula is C29H34ClFN4O5. The Hall–Kier alpha value is -3.79. The van der Waals surface area contributed by atoms with Crippen LogP contribution in [0.15, 0.2) is 35.6 Å². The van der Waals surface area contributed by atoms with Crippen LogP contribution in [-0.2, 0) is 16.0 Å². The molecule has 0 bridgehead atoms. The van der Waals surface area contributed by atoms with Crippen molar-refractivity contribution in [3.05, 3.63) is 68.9 Å². The fourth-order valence-corrected chi connectivity index (χ4v) is 5.24. The highest BCUT2D eigenvalue weighted by atomic mass is 35.5. The van der Waals surface area contributed by atoms with E-state index in [0.29, 0.717) is 59.0 Å². The maximum absolute atomic E-state index is 14.2. The molecule has 1 amide bonds. The van der Waals surface area contributed by atoms with Crippen molar-refractivity contribution in [2.75, 3.05) is 25.1 Å². The Labute approximate surface area is 236 Å². The predicted octanol–water partition coefficient (Wildman–Crippen LogP) is 5.48. The Morgan fingerprint density at radius 1 is 1.27 bits per heavy atom. The molecule has 0 radical (unpaired) electrons. The molecule has 11 heteroatoms. The molecule has 0 aliphatic carbocycles. The summed E-state index contributed by atoms with van der Waals surface area (Å²) in [5, 5.41) is 3.66. The highest BCUT2D eigenvalue weighted by molar-refractivity contribution is 6.31. The molecular weight excluding hydrogens is 539 g/mol. The van der Waals surface area contributed by atoms with Gasteiger partial charge in [0.05, 0.1) is 24.9 Å². The van der Waals surface area contributed by atoms with Gasteiger partial charge in [-0.2, -0.15) is 0 Å². The number of anilines is 1. The molecule has 0 unspecified atom stereocenters. The SMILES string of the molecule is C=C(OC)c1cc2c(C(C)=O)c(N3CCC[C@@H](NC(=O)OC(C)(C)C)C3)n(Cc3cc(F)ccc3Cl)c2c(=O)[nH]1. The standard InChI is InChI=1S/C29H34ClFN4O5/c1-16(36)24-21-13-23(17(2)39-6)33-26(37)25(21)35(14-18-12-19(31)9-10-22(18)30)27(24)34-11-7-8-20(15-34)32-28(38)40-29(3,4)5/h9-10,12-13,20H,2,7-8,11,14-15H2,1,3-6H3,(H,32,38)(H,33,37)/t20-/m1/s1. The van der Waals surface area contributed by atoms with Gasteiger partial charge in [-0.25, -0.2) is 9.18 Å². The van der Waals surface area contributed by atoms with Crippen LogP contribution in [-0.4, -0.2) is 53.3 Å². The van der Waals surface area contributed by atoms with E-state index < -0.39 is 23.1 Å². The van der Waals surface area contributed by atoms with E-state index in [1.165, 1.54) is 32.2 Å². The number of nitrogens with one attached hydrogen (secondary N) is 2. The van der Waals surface area contributed by atoms with Gasteiger partial charge < -0.3 is 29.2 Å². The number of rotatable bonds is 7. The molecule has 1 aliphatic rings. The first-order valence-corrected chi connectivity index (χ1v) is 13.4. The number of pyridine rings is 1. The Bertz CT molecular complexity index is 1540. The number of carbonyl (C=O) groups is 2. The third-order valence-corrected chi connectivity index (χ3v) is 7.07. The van der Waals surface area contributed by atoms with Crippen molar-refractivity contribution < 1.29 is 23.5 Å².